The van der Waals surface area contributed by atoms with Crippen LogP contribution in [0.15, 0.2) is 0 Å². The van der Waals surface area contributed by atoms with E-state index in [2.05, 4.69) is 9.47 Å². The molecule has 0 heterocycles. The number of halogens is 5. The first kappa shape index (κ1) is 26.4. The Hall–Kier alpha value is -0.650. The maximum Gasteiger partial charge on any atom is 0.306 e. The third kappa shape index (κ3) is 13.2. The quantitative estimate of drug-likeness (QED) is 0.373. The summed E-state index contributed by atoms with van der Waals surface area (Å²) in [7, 11) is 2.75. The number of alkyl halides is 2. The van der Waals surface area contributed by atoms with Gasteiger partial charge in [-0.2, -0.15) is 4.31 Å². The highest BCUT2D eigenvalue weighted by molar-refractivity contribution is 8.18. The highest BCUT2D eigenvalue weighted by Crippen LogP contribution is 2.56. The average molecular weight is 427 g/mol. The molecule has 27 heavy (non-hydrogen) atoms. The molecule has 0 aliphatic heterocycles. The molecule has 0 aromatic carbocycles. The third-order valence-electron chi connectivity index (χ3n) is 3.98. The number of nitrogens with zero attached hydrogens (tertiary/aromatic N) is 1. The van der Waals surface area contributed by atoms with Gasteiger partial charge in [0.1, 0.15) is 0 Å². The minimum Gasteiger partial charge on any atom is -0.466 e. The van der Waals surface area contributed by atoms with Crippen molar-refractivity contribution in [3.63, 3.8) is 0 Å². The predicted octanol–water partition coefficient (Wildman–Crippen LogP) is 4.72. The van der Waals surface area contributed by atoms with Gasteiger partial charge in [-0.25, -0.2) is 8.78 Å². The van der Waals surface area contributed by atoms with E-state index < -0.39 is 17.3 Å². The van der Waals surface area contributed by atoms with Gasteiger partial charge in [0, 0.05) is 46.6 Å². The van der Waals surface area contributed by atoms with Gasteiger partial charge < -0.3 is 14.2 Å². The summed E-state index contributed by atoms with van der Waals surface area (Å²) in [6, 6.07) is 0. The number of carbonyl (C=O) groups is 1. The number of hydrogen-bond acceptors (Lipinski definition) is 5. The predicted molar refractivity (Wildman–Crippen MR) is 94.4 cm³/mol. The topological polar surface area (TPSA) is 48.0 Å². The molecule has 1 saturated carbocycles. The Kier molecular flexibility index (Phi) is 13.2. The summed E-state index contributed by atoms with van der Waals surface area (Å²) < 4.78 is 76.7. The highest BCUT2D eigenvalue weighted by atomic mass is 32.3. The Bertz CT molecular complexity index is 395. The molecule has 0 aromatic heterocycles. The fraction of sp³-hybridized carbons (Fsp3) is 0.938. The van der Waals surface area contributed by atoms with Crippen molar-refractivity contribution in [1.29, 1.82) is 0 Å². The minimum atomic E-state index is -5.14. The summed E-state index contributed by atoms with van der Waals surface area (Å²) >= 11 is -5.14. The van der Waals surface area contributed by atoms with Gasteiger partial charge in [0.15, 0.2) is 0 Å². The zero-order valence-corrected chi connectivity index (χ0v) is 16.8. The van der Waals surface area contributed by atoms with Gasteiger partial charge >= 0.3 is 5.97 Å². The molecule has 0 atom stereocenters. The molecule has 0 amide bonds. The van der Waals surface area contributed by atoms with E-state index in [1.165, 1.54) is 14.2 Å². The lowest BCUT2D eigenvalue weighted by Crippen LogP contribution is -2.28. The van der Waals surface area contributed by atoms with E-state index >= 15 is 0 Å². The summed E-state index contributed by atoms with van der Waals surface area (Å²) in [6.45, 7) is 2.01. The number of hydrogen-bond donors (Lipinski definition) is 0. The molecular formula is C16H30F5NO4S. The SMILES string of the molecule is CCOC(=O)CC1CCC(F)(F)CC1.COCCN(CCOC)S(F)(F)F. The Labute approximate surface area is 159 Å². The van der Waals surface area contributed by atoms with Crippen molar-refractivity contribution in [2.24, 2.45) is 5.92 Å². The van der Waals surface area contributed by atoms with E-state index in [0.29, 0.717) is 30.2 Å². The van der Waals surface area contributed by atoms with Crippen LogP contribution in [0.3, 0.4) is 0 Å². The number of methoxy groups -OCH3 is 2. The highest BCUT2D eigenvalue weighted by Gasteiger charge is 2.35. The maximum absolute atomic E-state index is 12.7. The van der Waals surface area contributed by atoms with Gasteiger partial charge in [-0.3, -0.25) is 4.79 Å². The van der Waals surface area contributed by atoms with Crippen molar-refractivity contribution in [1.82, 2.24) is 4.31 Å². The van der Waals surface area contributed by atoms with E-state index in [1.54, 1.807) is 6.92 Å². The number of rotatable bonds is 10. The van der Waals surface area contributed by atoms with Crippen molar-refractivity contribution in [2.75, 3.05) is 47.1 Å². The van der Waals surface area contributed by atoms with E-state index in [-0.39, 0.29) is 51.0 Å². The summed E-state index contributed by atoms with van der Waals surface area (Å²) in [4.78, 5) is 11.1. The van der Waals surface area contributed by atoms with Crippen LogP contribution in [0.1, 0.15) is 39.0 Å². The molecule has 0 radical (unpaired) electrons. The van der Waals surface area contributed by atoms with Crippen molar-refractivity contribution in [3.05, 3.63) is 0 Å². The van der Waals surface area contributed by atoms with Crippen LogP contribution in [0.2, 0.25) is 0 Å². The van der Waals surface area contributed by atoms with Gasteiger partial charge in [0.05, 0.1) is 19.8 Å². The molecule has 0 saturated heterocycles. The molecule has 164 valence electrons. The van der Waals surface area contributed by atoms with Crippen LogP contribution in [0, 0.1) is 5.92 Å². The summed E-state index contributed by atoms with van der Waals surface area (Å²) in [5.41, 5.74) is 0. The summed E-state index contributed by atoms with van der Waals surface area (Å²) in [5, 5.41) is 0. The van der Waals surface area contributed by atoms with Crippen LogP contribution in [0.5, 0.6) is 0 Å². The van der Waals surface area contributed by atoms with Crippen LogP contribution < -0.4 is 0 Å². The lowest BCUT2D eigenvalue weighted by molar-refractivity contribution is -0.145. The molecule has 1 fully saturated rings. The van der Waals surface area contributed by atoms with Crippen LogP contribution in [0.25, 0.3) is 0 Å². The Morgan fingerprint density at radius 3 is 1.93 bits per heavy atom. The zero-order chi connectivity index (χ0) is 20.9. The van der Waals surface area contributed by atoms with E-state index in [0.717, 1.165) is 0 Å². The maximum atomic E-state index is 12.7. The lowest BCUT2D eigenvalue weighted by atomic mass is 9.85. The van der Waals surface area contributed by atoms with Crippen molar-refractivity contribution < 1.29 is 39.4 Å². The van der Waals surface area contributed by atoms with E-state index in [9.17, 15) is 25.2 Å². The van der Waals surface area contributed by atoms with E-state index in [1.807, 2.05) is 0 Å². The van der Waals surface area contributed by atoms with E-state index in [4.69, 9.17) is 4.74 Å². The summed E-state index contributed by atoms with van der Waals surface area (Å²) in [5.74, 6) is -2.68. The normalized spacial score (nSPS) is 18.0. The van der Waals surface area contributed by atoms with Gasteiger partial charge in [-0.1, -0.05) is 0 Å². The van der Waals surface area contributed by atoms with Crippen LogP contribution >= 0.6 is 11.4 Å². The molecule has 5 nitrogen and oxygen atoms in total. The van der Waals surface area contributed by atoms with Crippen LogP contribution in [0.4, 0.5) is 20.4 Å². The first-order valence-corrected chi connectivity index (χ1v) is 10.0. The van der Waals surface area contributed by atoms with Crippen molar-refractivity contribution >= 4 is 17.3 Å². The monoisotopic (exact) mass is 427 g/mol. The number of esters is 1. The molecular weight excluding hydrogens is 397 g/mol. The molecule has 1 aliphatic carbocycles. The molecule has 0 bridgehead atoms. The second kappa shape index (κ2) is 13.5. The first-order valence-electron chi connectivity index (χ1n) is 8.74. The molecule has 0 aromatic rings. The fourth-order valence-electron chi connectivity index (χ4n) is 2.46. The van der Waals surface area contributed by atoms with Gasteiger partial charge in [-0.15, -0.1) is 11.7 Å². The molecule has 11 heteroatoms. The molecule has 1 aliphatic rings. The van der Waals surface area contributed by atoms with Crippen molar-refractivity contribution in [3.8, 4) is 0 Å². The zero-order valence-electron chi connectivity index (χ0n) is 16.0. The standard InChI is InChI=1S/C10H16F2O2.C6H14F3NO2S/c1-2-14-9(13)7-8-3-5-10(11,12)6-4-8;1-11-5-3-10(4-6-12-2)13(7,8)9/h8H,2-7H2,1H3;3-6H2,1-2H3. The van der Waals surface area contributed by atoms with Crippen LogP contribution in [-0.4, -0.2) is 63.3 Å². The molecule has 0 N–H and O–H groups in total. The first-order chi connectivity index (χ1) is 12.6. The molecule has 0 spiro atoms. The third-order valence-corrected chi connectivity index (χ3v) is 4.93. The summed E-state index contributed by atoms with van der Waals surface area (Å²) in [6.07, 6.45) is 0.996. The largest absolute Gasteiger partial charge is 0.466 e. The molecule has 1 rings (SSSR count). The smallest absolute Gasteiger partial charge is 0.306 e. The van der Waals surface area contributed by atoms with Gasteiger partial charge in [0.25, 0.3) is 11.4 Å². The lowest BCUT2D eigenvalue weighted by Gasteiger charge is -2.27. The second-order valence-electron chi connectivity index (χ2n) is 6.11. The average Bonchev–Trinajstić information content (AvgIpc) is 2.56. The number of carbonyl (C=O) groups excluding carboxylic acids is 1. The second-order valence-corrected chi connectivity index (χ2v) is 7.39. The minimum absolute atomic E-state index is 0.0796. The van der Waals surface area contributed by atoms with Crippen molar-refractivity contribution in [2.45, 2.75) is 45.0 Å². The van der Waals surface area contributed by atoms with Gasteiger partial charge in [-0.05, 0) is 25.7 Å². The van der Waals surface area contributed by atoms with Gasteiger partial charge in [0.2, 0.25) is 5.92 Å². The Morgan fingerprint density at radius 2 is 1.56 bits per heavy atom. The fourth-order valence-corrected chi connectivity index (χ4v) is 3.03. The molecule has 0 unspecified atom stereocenters. The Balaban J connectivity index is 0.000000503. The van der Waals surface area contributed by atoms with Crippen LogP contribution in [-0.2, 0) is 19.0 Å². The number of ether oxygens (including phenoxy) is 3. The Morgan fingerprint density at radius 1 is 1.07 bits per heavy atom.